The van der Waals surface area contributed by atoms with Crippen molar-refractivity contribution in [3.63, 3.8) is 0 Å². The van der Waals surface area contributed by atoms with Crippen molar-refractivity contribution in [1.82, 2.24) is 9.88 Å². The van der Waals surface area contributed by atoms with E-state index in [2.05, 4.69) is 61.0 Å². The smallest absolute Gasteiger partial charge is 0.268 e. The highest BCUT2D eigenvalue weighted by atomic mass is 16.2. The molecular weight excluding hydrogens is 272 g/mol. The number of carbonyl (C=O) groups is 1. The molecule has 118 valence electrons. The fraction of sp³-hybridized carbons (Fsp3) is 0.421. The van der Waals surface area contributed by atoms with E-state index in [-0.39, 0.29) is 11.9 Å². The predicted octanol–water partition coefficient (Wildman–Crippen LogP) is 3.99. The van der Waals surface area contributed by atoms with Crippen molar-refractivity contribution in [2.24, 2.45) is 0 Å². The summed E-state index contributed by atoms with van der Waals surface area (Å²) < 4.78 is 2.11. The van der Waals surface area contributed by atoms with Crippen LogP contribution >= 0.6 is 0 Å². The van der Waals surface area contributed by atoms with Crippen LogP contribution < -0.4 is 5.32 Å². The van der Waals surface area contributed by atoms with Crippen LogP contribution in [-0.4, -0.2) is 16.5 Å². The largest absolute Gasteiger partial charge is 0.348 e. The molecule has 0 radical (unpaired) electrons. The fourth-order valence-corrected chi connectivity index (χ4v) is 2.62. The van der Waals surface area contributed by atoms with E-state index in [1.807, 2.05) is 13.8 Å². The predicted molar refractivity (Wildman–Crippen MR) is 91.4 cm³/mol. The highest BCUT2D eigenvalue weighted by molar-refractivity contribution is 5.94. The Hall–Kier alpha value is -2.03. The molecule has 1 heterocycles. The van der Waals surface area contributed by atoms with Crippen molar-refractivity contribution in [3.05, 3.63) is 58.4 Å². The molecule has 0 aliphatic rings. The lowest BCUT2D eigenvalue weighted by atomic mass is 10.1. The zero-order chi connectivity index (χ0) is 16.3. The van der Waals surface area contributed by atoms with Gasteiger partial charge in [0.2, 0.25) is 0 Å². The molecule has 1 aromatic carbocycles. The van der Waals surface area contributed by atoms with E-state index in [0.29, 0.717) is 0 Å². The minimum Gasteiger partial charge on any atom is -0.348 e. The average Bonchev–Trinajstić information content (AvgIpc) is 2.75. The van der Waals surface area contributed by atoms with Crippen LogP contribution in [0.4, 0.5) is 0 Å². The molecule has 1 atom stereocenters. The van der Waals surface area contributed by atoms with Crippen molar-refractivity contribution in [1.29, 1.82) is 0 Å². The summed E-state index contributed by atoms with van der Waals surface area (Å²) in [6, 6.07) is 10.7. The number of aromatic nitrogens is 1. The van der Waals surface area contributed by atoms with Gasteiger partial charge < -0.3 is 9.88 Å². The normalized spacial score (nSPS) is 12.2. The minimum atomic E-state index is 0.0204. The van der Waals surface area contributed by atoms with Gasteiger partial charge in [-0.1, -0.05) is 36.8 Å². The average molecular weight is 298 g/mol. The van der Waals surface area contributed by atoms with Crippen molar-refractivity contribution in [3.8, 4) is 0 Å². The Bertz CT molecular complexity index is 653. The van der Waals surface area contributed by atoms with E-state index >= 15 is 0 Å². The quantitative estimate of drug-likeness (QED) is 0.889. The van der Waals surface area contributed by atoms with Gasteiger partial charge in [0.25, 0.3) is 5.91 Å². The van der Waals surface area contributed by atoms with Crippen LogP contribution in [0, 0.1) is 20.8 Å². The lowest BCUT2D eigenvalue weighted by Gasteiger charge is -2.16. The van der Waals surface area contributed by atoms with Crippen LogP contribution in [0.5, 0.6) is 0 Å². The Morgan fingerprint density at radius 2 is 1.82 bits per heavy atom. The zero-order valence-corrected chi connectivity index (χ0v) is 14.2. The summed E-state index contributed by atoms with van der Waals surface area (Å²) in [5, 5.41) is 3.08. The number of hydrogen-bond acceptors (Lipinski definition) is 1. The summed E-state index contributed by atoms with van der Waals surface area (Å²) >= 11 is 0. The number of nitrogens with one attached hydrogen (secondary N) is 1. The third-order valence-corrected chi connectivity index (χ3v) is 4.16. The number of carbonyl (C=O) groups excluding carboxylic acids is 1. The number of amides is 1. The van der Waals surface area contributed by atoms with E-state index in [0.717, 1.165) is 29.9 Å². The standard InChI is InChI=1S/C19H26N2O/c1-6-15(4)20-19(22)18-14(3)11-16(5)21(18)12-17-9-7-13(2)8-10-17/h7-11,15H,6,12H2,1-5H3,(H,20,22). The van der Waals surface area contributed by atoms with Crippen molar-refractivity contribution < 1.29 is 4.79 Å². The van der Waals surface area contributed by atoms with Gasteiger partial charge in [-0.3, -0.25) is 4.79 Å². The van der Waals surface area contributed by atoms with E-state index in [1.54, 1.807) is 0 Å². The number of nitrogens with zero attached hydrogens (tertiary/aromatic N) is 1. The summed E-state index contributed by atoms with van der Waals surface area (Å²) in [7, 11) is 0. The topological polar surface area (TPSA) is 34.0 Å². The zero-order valence-electron chi connectivity index (χ0n) is 14.2. The molecule has 2 rings (SSSR count). The number of aryl methyl sites for hydroxylation is 3. The molecule has 0 bridgehead atoms. The van der Waals surface area contributed by atoms with Crippen molar-refractivity contribution >= 4 is 5.91 Å². The Morgan fingerprint density at radius 3 is 2.41 bits per heavy atom. The first-order valence-corrected chi connectivity index (χ1v) is 7.95. The van der Waals surface area contributed by atoms with Gasteiger partial charge in [-0.2, -0.15) is 0 Å². The SMILES string of the molecule is CCC(C)NC(=O)c1c(C)cc(C)n1Cc1ccc(C)cc1. The Balaban J connectivity index is 2.31. The number of rotatable bonds is 5. The molecule has 0 aliphatic carbocycles. The minimum absolute atomic E-state index is 0.0204. The second kappa shape index (κ2) is 6.82. The summed E-state index contributed by atoms with van der Waals surface area (Å²) in [5.74, 6) is 0.0204. The summed E-state index contributed by atoms with van der Waals surface area (Å²) in [6.45, 7) is 11.0. The summed E-state index contributed by atoms with van der Waals surface area (Å²) in [4.78, 5) is 12.6. The first-order chi connectivity index (χ1) is 10.4. The van der Waals surface area contributed by atoms with Crippen LogP contribution in [0.1, 0.15) is 53.1 Å². The van der Waals surface area contributed by atoms with Gasteiger partial charge in [0, 0.05) is 18.3 Å². The Morgan fingerprint density at radius 1 is 1.18 bits per heavy atom. The van der Waals surface area contributed by atoms with Crippen LogP contribution in [0.15, 0.2) is 30.3 Å². The molecule has 0 saturated heterocycles. The van der Waals surface area contributed by atoms with Crippen LogP contribution in [0.2, 0.25) is 0 Å². The molecule has 0 fully saturated rings. The molecule has 0 aliphatic heterocycles. The maximum atomic E-state index is 12.6. The monoisotopic (exact) mass is 298 g/mol. The molecular formula is C19H26N2O. The number of benzene rings is 1. The van der Waals surface area contributed by atoms with E-state index in [1.165, 1.54) is 11.1 Å². The van der Waals surface area contributed by atoms with E-state index in [4.69, 9.17) is 0 Å². The maximum absolute atomic E-state index is 12.6. The van der Waals surface area contributed by atoms with Gasteiger partial charge in [-0.15, -0.1) is 0 Å². The van der Waals surface area contributed by atoms with Gasteiger partial charge in [0.15, 0.2) is 0 Å². The summed E-state index contributed by atoms with van der Waals surface area (Å²) in [5.41, 5.74) is 5.39. The van der Waals surface area contributed by atoms with Crippen molar-refractivity contribution in [2.45, 2.75) is 53.6 Å². The third-order valence-electron chi connectivity index (χ3n) is 4.16. The Labute approximate surface area is 133 Å². The molecule has 1 unspecified atom stereocenters. The second-order valence-corrected chi connectivity index (χ2v) is 6.17. The van der Waals surface area contributed by atoms with Gasteiger partial charge in [0.05, 0.1) is 0 Å². The molecule has 3 nitrogen and oxygen atoms in total. The molecule has 1 aromatic heterocycles. The lowest BCUT2D eigenvalue weighted by Crippen LogP contribution is -2.34. The molecule has 1 amide bonds. The van der Waals surface area contributed by atoms with Gasteiger partial charge in [-0.25, -0.2) is 0 Å². The van der Waals surface area contributed by atoms with E-state index in [9.17, 15) is 4.79 Å². The fourth-order valence-electron chi connectivity index (χ4n) is 2.62. The molecule has 3 heteroatoms. The highest BCUT2D eigenvalue weighted by Gasteiger charge is 2.18. The van der Waals surface area contributed by atoms with E-state index < -0.39 is 0 Å². The molecule has 0 spiro atoms. The van der Waals surface area contributed by atoms with Crippen LogP contribution in [0.25, 0.3) is 0 Å². The van der Waals surface area contributed by atoms with Gasteiger partial charge in [0.1, 0.15) is 5.69 Å². The second-order valence-electron chi connectivity index (χ2n) is 6.17. The first kappa shape index (κ1) is 16.3. The highest BCUT2D eigenvalue weighted by Crippen LogP contribution is 2.18. The third kappa shape index (κ3) is 3.59. The van der Waals surface area contributed by atoms with Crippen LogP contribution in [-0.2, 0) is 6.54 Å². The van der Waals surface area contributed by atoms with Crippen molar-refractivity contribution in [2.75, 3.05) is 0 Å². The van der Waals surface area contributed by atoms with Crippen LogP contribution in [0.3, 0.4) is 0 Å². The van der Waals surface area contributed by atoms with Gasteiger partial charge >= 0.3 is 0 Å². The lowest BCUT2D eigenvalue weighted by molar-refractivity contribution is 0.0929. The molecule has 2 aromatic rings. The molecule has 1 N–H and O–H groups in total. The molecule has 22 heavy (non-hydrogen) atoms. The molecule has 0 saturated carbocycles. The Kier molecular flexibility index (Phi) is 5.07. The maximum Gasteiger partial charge on any atom is 0.268 e. The number of hydrogen-bond donors (Lipinski definition) is 1. The summed E-state index contributed by atoms with van der Waals surface area (Å²) in [6.07, 6.45) is 0.933. The first-order valence-electron chi connectivity index (χ1n) is 7.95. The van der Waals surface area contributed by atoms with Gasteiger partial charge in [-0.05, 0) is 51.3 Å².